The molecule has 0 saturated heterocycles. The number of hydrogen-bond donors (Lipinski definition) is 2. The molecule has 0 bridgehead atoms. The number of likely N-dealkylation sites (N-methyl/N-ethyl adjacent to an activating group) is 1. The minimum Gasteiger partial charge on any atom is -0.303 e. The third-order valence-electron chi connectivity index (χ3n) is 4.21. The highest BCUT2D eigenvalue weighted by Gasteiger charge is 2.31. The fourth-order valence-corrected chi connectivity index (χ4v) is 3.00. The summed E-state index contributed by atoms with van der Waals surface area (Å²) in [6.07, 6.45) is 0.819. The molecular formula is C16H24N4S. The van der Waals surface area contributed by atoms with Crippen LogP contribution in [0.3, 0.4) is 0 Å². The van der Waals surface area contributed by atoms with Crippen molar-refractivity contribution in [2.24, 2.45) is 5.84 Å². The highest BCUT2D eigenvalue weighted by atomic mass is 32.1. The first-order valence-corrected chi connectivity index (χ1v) is 7.96. The zero-order valence-electron chi connectivity index (χ0n) is 13.1. The predicted octanol–water partition coefficient (Wildman–Crippen LogP) is 2.52. The average molecular weight is 304 g/mol. The summed E-state index contributed by atoms with van der Waals surface area (Å²) in [5.41, 5.74) is 5.09. The van der Waals surface area contributed by atoms with Crippen molar-refractivity contribution >= 4 is 11.3 Å². The second-order valence-corrected chi connectivity index (χ2v) is 6.91. The highest BCUT2D eigenvalue weighted by molar-refractivity contribution is 7.09. The van der Waals surface area contributed by atoms with Crippen LogP contribution in [0.25, 0.3) is 11.3 Å². The molecule has 3 N–H and O–H groups in total. The molecular weight excluding hydrogens is 280 g/mol. The van der Waals surface area contributed by atoms with Crippen LogP contribution in [0, 0.1) is 0 Å². The zero-order chi connectivity index (χ0) is 15.5. The number of rotatable bonds is 6. The molecule has 0 amide bonds. The Bertz CT molecular complexity index is 563. The maximum Gasteiger partial charge on any atom is 0.0949 e. The molecule has 0 saturated carbocycles. The Kier molecular flexibility index (Phi) is 5.11. The largest absolute Gasteiger partial charge is 0.303 e. The lowest BCUT2D eigenvalue weighted by Crippen LogP contribution is -2.58. The summed E-state index contributed by atoms with van der Waals surface area (Å²) in [5.74, 6) is 5.76. The summed E-state index contributed by atoms with van der Waals surface area (Å²) in [6.45, 7) is 4.37. The van der Waals surface area contributed by atoms with Gasteiger partial charge in [0.2, 0.25) is 0 Å². The summed E-state index contributed by atoms with van der Waals surface area (Å²) in [5, 5.41) is 3.22. The topological polar surface area (TPSA) is 54.2 Å². The Morgan fingerprint density at radius 1 is 1.29 bits per heavy atom. The van der Waals surface area contributed by atoms with E-state index in [0.29, 0.717) is 0 Å². The first-order chi connectivity index (χ1) is 9.95. The van der Waals surface area contributed by atoms with Gasteiger partial charge in [0, 0.05) is 28.9 Å². The molecule has 1 aromatic heterocycles. The first-order valence-electron chi connectivity index (χ1n) is 7.08. The van der Waals surface area contributed by atoms with E-state index < -0.39 is 0 Å². The van der Waals surface area contributed by atoms with Crippen molar-refractivity contribution in [3.8, 4) is 11.3 Å². The van der Waals surface area contributed by atoms with Gasteiger partial charge in [-0.2, -0.15) is 0 Å². The molecule has 0 aliphatic carbocycles. The number of hydrazine groups is 1. The van der Waals surface area contributed by atoms with Crippen molar-refractivity contribution < 1.29 is 0 Å². The lowest BCUT2D eigenvalue weighted by atomic mass is 9.91. The molecule has 0 spiro atoms. The number of thiazole rings is 1. The fourth-order valence-electron chi connectivity index (χ4n) is 2.15. The van der Waals surface area contributed by atoms with Crippen LogP contribution in [-0.4, -0.2) is 35.6 Å². The molecule has 5 heteroatoms. The van der Waals surface area contributed by atoms with E-state index >= 15 is 0 Å². The average Bonchev–Trinajstić information content (AvgIpc) is 2.94. The van der Waals surface area contributed by atoms with E-state index in [2.05, 4.69) is 55.8 Å². The molecule has 0 fully saturated rings. The van der Waals surface area contributed by atoms with Crippen molar-refractivity contribution in [1.82, 2.24) is 15.3 Å². The van der Waals surface area contributed by atoms with Crippen molar-refractivity contribution in [3.63, 3.8) is 0 Å². The molecule has 21 heavy (non-hydrogen) atoms. The number of aromatic nitrogens is 1. The van der Waals surface area contributed by atoms with Crippen LogP contribution in [0.15, 0.2) is 35.7 Å². The number of nitrogens with two attached hydrogens (primary N) is 1. The van der Waals surface area contributed by atoms with Crippen LogP contribution < -0.4 is 11.3 Å². The molecule has 2 aromatic rings. The van der Waals surface area contributed by atoms with Crippen molar-refractivity contribution in [1.29, 1.82) is 0 Å². The van der Waals surface area contributed by atoms with E-state index in [0.717, 1.165) is 22.7 Å². The summed E-state index contributed by atoms with van der Waals surface area (Å²) < 4.78 is 0. The van der Waals surface area contributed by atoms with Crippen molar-refractivity contribution in [2.75, 3.05) is 14.1 Å². The van der Waals surface area contributed by atoms with Crippen LogP contribution in [0.4, 0.5) is 0 Å². The smallest absolute Gasteiger partial charge is 0.0949 e. The van der Waals surface area contributed by atoms with Crippen LogP contribution >= 0.6 is 11.3 Å². The molecule has 1 atom stereocenters. The minimum absolute atomic E-state index is 0.0483. The van der Waals surface area contributed by atoms with E-state index in [1.165, 1.54) is 0 Å². The van der Waals surface area contributed by atoms with Crippen LogP contribution in [0.2, 0.25) is 0 Å². The van der Waals surface area contributed by atoms with Gasteiger partial charge in [-0.1, -0.05) is 30.3 Å². The fraction of sp³-hybridized carbons (Fsp3) is 0.438. The molecule has 1 heterocycles. The molecule has 114 valence electrons. The molecule has 0 aliphatic heterocycles. The lowest BCUT2D eigenvalue weighted by molar-refractivity contribution is 0.137. The molecule has 1 unspecified atom stereocenters. The minimum atomic E-state index is -0.0483. The number of nitrogens with zero attached hydrogens (tertiary/aromatic N) is 2. The Balaban J connectivity index is 2.15. The lowest BCUT2D eigenvalue weighted by Gasteiger charge is -2.39. The quantitative estimate of drug-likeness (QED) is 0.636. The maximum absolute atomic E-state index is 5.76. The monoisotopic (exact) mass is 304 g/mol. The highest BCUT2D eigenvalue weighted by Crippen LogP contribution is 2.25. The second-order valence-electron chi connectivity index (χ2n) is 5.96. The van der Waals surface area contributed by atoms with E-state index in [1.807, 2.05) is 18.2 Å². The predicted molar refractivity (Wildman–Crippen MR) is 90.1 cm³/mol. The van der Waals surface area contributed by atoms with Crippen LogP contribution in [-0.2, 0) is 6.42 Å². The van der Waals surface area contributed by atoms with Gasteiger partial charge in [0.1, 0.15) is 0 Å². The Labute approximate surface area is 131 Å². The number of benzene rings is 1. The van der Waals surface area contributed by atoms with Crippen molar-refractivity contribution in [3.05, 3.63) is 40.7 Å². The molecule has 0 radical (unpaired) electrons. The zero-order valence-corrected chi connectivity index (χ0v) is 13.9. The number of hydrogen-bond acceptors (Lipinski definition) is 5. The van der Waals surface area contributed by atoms with Gasteiger partial charge >= 0.3 is 0 Å². The summed E-state index contributed by atoms with van der Waals surface area (Å²) in [6, 6.07) is 10.4. The second kappa shape index (κ2) is 6.66. The van der Waals surface area contributed by atoms with Gasteiger partial charge in [-0.3, -0.25) is 11.3 Å². The standard InChI is InChI=1S/C16H24N4S/c1-16(2,20(3)4)14(19-17)10-15-18-13(11-21-15)12-8-6-5-7-9-12/h5-9,11,14,19H,10,17H2,1-4H3. The number of nitrogens with one attached hydrogen (secondary N) is 1. The van der Waals surface area contributed by atoms with Crippen molar-refractivity contribution in [2.45, 2.75) is 31.8 Å². The molecule has 1 aromatic carbocycles. The van der Waals surface area contributed by atoms with Crippen LogP contribution in [0.1, 0.15) is 18.9 Å². The Morgan fingerprint density at radius 2 is 1.95 bits per heavy atom. The summed E-state index contributed by atoms with van der Waals surface area (Å²) in [7, 11) is 4.14. The van der Waals surface area contributed by atoms with E-state index in [-0.39, 0.29) is 11.6 Å². The van der Waals surface area contributed by atoms with Gasteiger partial charge in [0.25, 0.3) is 0 Å². The molecule has 0 aliphatic rings. The SMILES string of the molecule is CN(C)C(C)(C)C(Cc1nc(-c2ccccc2)cs1)NN. The Morgan fingerprint density at radius 3 is 2.52 bits per heavy atom. The van der Waals surface area contributed by atoms with Gasteiger partial charge < -0.3 is 4.90 Å². The third kappa shape index (κ3) is 3.68. The summed E-state index contributed by atoms with van der Waals surface area (Å²) in [4.78, 5) is 6.93. The normalized spacial score (nSPS) is 13.6. The summed E-state index contributed by atoms with van der Waals surface area (Å²) >= 11 is 1.69. The molecule has 2 rings (SSSR count). The van der Waals surface area contributed by atoms with Gasteiger partial charge in [-0.15, -0.1) is 11.3 Å². The van der Waals surface area contributed by atoms with Gasteiger partial charge in [-0.25, -0.2) is 4.98 Å². The Hall–Kier alpha value is -1.27. The third-order valence-corrected chi connectivity index (χ3v) is 5.08. The van der Waals surface area contributed by atoms with Crippen LogP contribution in [0.5, 0.6) is 0 Å². The van der Waals surface area contributed by atoms with Gasteiger partial charge in [-0.05, 0) is 27.9 Å². The van der Waals surface area contributed by atoms with E-state index in [4.69, 9.17) is 10.8 Å². The maximum atomic E-state index is 5.76. The first kappa shape index (κ1) is 16.1. The van der Waals surface area contributed by atoms with E-state index in [1.54, 1.807) is 11.3 Å². The molecule has 4 nitrogen and oxygen atoms in total. The van der Waals surface area contributed by atoms with Gasteiger partial charge in [0.05, 0.1) is 10.7 Å². The van der Waals surface area contributed by atoms with Gasteiger partial charge in [0.15, 0.2) is 0 Å². The van der Waals surface area contributed by atoms with E-state index in [9.17, 15) is 0 Å².